The molecular weight excluding hydrogens is 308 g/mol. The molecule has 0 unspecified atom stereocenters. The van der Waals surface area contributed by atoms with Crippen LogP contribution < -0.4 is 5.32 Å². The zero-order valence-corrected chi connectivity index (χ0v) is 12.2. The number of benzene rings is 1. The average Bonchev–Trinajstić information content (AvgIpc) is 3.25. The predicted molar refractivity (Wildman–Crippen MR) is 76.9 cm³/mol. The second-order valence-electron chi connectivity index (χ2n) is 5.59. The second-order valence-corrected chi connectivity index (χ2v) is 6.38. The van der Waals surface area contributed by atoms with Gasteiger partial charge < -0.3 is 5.32 Å². The zero-order chi connectivity index (χ0) is 13.4. The molecule has 19 heavy (non-hydrogen) atoms. The van der Waals surface area contributed by atoms with Crippen molar-refractivity contribution in [2.45, 2.75) is 38.3 Å². The number of hydrogen-bond acceptors (Lipinski definition) is 3. The molecule has 102 valence electrons. The Hall–Kier alpha value is -0.940. The van der Waals surface area contributed by atoms with Gasteiger partial charge in [0.25, 0.3) is 5.69 Å². The normalized spacial score (nSPS) is 18.8. The third-order valence-corrected chi connectivity index (χ3v) is 4.96. The molecular formula is C14H17BrN2O2. The lowest BCUT2D eigenvalue weighted by molar-refractivity contribution is -0.385. The number of nitro benzene ring substituents is 1. The Labute approximate surface area is 120 Å². The van der Waals surface area contributed by atoms with Crippen LogP contribution in [0, 0.1) is 22.0 Å². The molecule has 2 fully saturated rings. The van der Waals surface area contributed by atoms with Crippen LogP contribution in [0.2, 0.25) is 0 Å². The van der Waals surface area contributed by atoms with Gasteiger partial charge in [-0.2, -0.15) is 0 Å². The van der Waals surface area contributed by atoms with E-state index in [1.807, 2.05) is 6.07 Å². The van der Waals surface area contributed by atoms with Crippen molar-refractivity contribution in [3.63, 3.8) is 0 Å². The third kappa shape index (κ3) is 2.98. The summed E-state index contributed by atoms with van der Waals surface area (Å²) in [5.74, 6) is 1.68. The first kappa shape index (κ1) is 13.1. The summed E-state index contributed by atoms with van der Waals surface area (Å²) in [5.41, 5.74) is 1.12. The standard InChI is InChI=1S/C14H17BrN2O2/c15-13-11(2-1-3-12(13)17(18)19)8-16-14(9-4-5-9)10-6-7-10/h1-3,9-10,14,16H,4-8H2. The molecule has 0 saturated heterocycles. The van der Waals surface area contributed by atoms with E-state index in [-0.39, 0.29) is 10.6 Å². The van der Waals surface area contributed by atoms with Gasteiger partial charge >= 0.3 is 0 Å². The highest BCUT2D eigenvalue weighted by Gasteiger charge is 2.41. The number of nitrogens with zero attached hydrogens (tertiary/aromatic N) is 1. The van der Waals surface area contributed by atoms with Crippen molar-refractivity contribution in [1.29, 1.82) is 0 Å². The topological polar surface area (TPSA) is 55.2 Å². The highest BCUT2D eigenvalue weighted by molar-refractivity contribution is 9.10. The molecule has 1 N–H and O–H groups in total. The maximum Gasteiger partial charge on any atom is 0.283 e. The van der Waals surface area contributed by atoms with Crippen LogP contribution in [0.1, 0.15) is 31.2 Å². The minimum absolute atomic E-state index is 0.147. The van der Waals surface area contributed by atoms with Crippen LogP contribution in [0.3, 0.4) is 0 Å². The Morgan fingerprint density at radius 2 is 1.95 bits per heavy atom. The minimum atomic E-state index is -0.340. The molecule has 3 rings (SSSR count). The van der Waals surface area contributed by atoms with E-state index in [1.54, 1.807) is 6.07 Å². The van der Waals surface area contributed by atoms with Gasteiger partial charge in [0.2, 0.25) is 0 Å². The molecule has 0 bridgehead atoms. The summed E-state index contributed by atoms with van der Waals surface area (Å²) in [6, 6.07) is 5.85. The van der Waals surface area contributed by atoms with Crippen molar-refractivity contribution < 1.29 is 4.92 Å². The number of halogens is 1. The number of hydrogen-bond donors (Lipinski definition) is 1. The summed E-state index contributed by atoms with van der Waals surface area (Å²) in [7, 11) is 0. The lowest BCUT2D eigenvalue weighted by atomic mass is 10.1. The van der Waals surface area contributed by atoms with Gasteiger partial charge in [-0.15, -0.1) is 0 Å². The quantitative estimate of drug-likeness (QED) is 0.642. The number of nitro groups is 1. The van der Waals surface area contributed by atoms with Gasteiger partial charge in [0, 0.05) is 18.7 Å². The summed E-state index contributed by atoms with van der Waals surface area (Å²) >= 11 is 3.36. The molecule has 1 aromatic rings. The summed E-state index contributed by atoms with van der Waals surface area (Å²) in [6.07, 6.45) is 5.35. The predicted octanol–water partition coefficient (Wildman–Crippen LogP) is 3.64. The molecule has 0 aromatic heterocycles. The second kappa shape index (κ2) is 5.21. The molecule has 0 heterocycles. The first-order chi connectivity index (χ1) is 9.16. The monoisotopic (exact) mass is 324 g/mol. The lowest BCUT2D eigenvalue weighted by Gasteiger charge is -2.18. The van der Waals surface area contributed by atoms with Crippen LogP contribution in [0.4, 0.5) is 5.69 Å². The van der Waals surface area contributed by atoms with E-state index in [4.69, 9.17) is 0 Å². The average molecular weight is 325 g/mol. The molecule has 1 aromatic carbocycles. The fourth-order valence-electron chi connectivity index (χ4n) is 2.70. The molecule has 2 aliphatic rings. The van der Waals surface area contributed by atoms with Crippen LogP contribution in [0.25, 0.3) is 0 Å². The fourth-order valence-corrected chi connectivity index (χ4v) is 3.25. The Bertz CT molecular complexity index is 486. The van der Waals surface area contributed by atoms with Crippen LogP contribution in [-0.4, -0.2) is 11.0 Å². The summed E-state index contributed by atoms with van der Waals surface area (Å²) < 4.78 is 0.609. The Kier molecular flexibility index (Phi) is 3.58. The molecule has 0 radical (unpaired) electrons. The molecule has 5 heteroatoms. The van der Waals surface area contributed by atoms with Gasteiger partial charge in [0.15, 0.2) is 0 Å². The third-order valence-electron chi connectivity index (χ3n) is 4.04. The summed E-state index contributed by atoms with van der Waals surface area (Å²) in [6.45, 7) is 0.708. The molecule has 4 nitrogen and oxygen atoms in total. The van der Waals surface area contributed by atoms with E-state index in [0.29, 0.717) is 17.1 Å². The molecule has 2 saturated carbocycles. The highest BCUT2D eigenvalue weighted by Crippen LogP contribution is 2.44. The molecule has 0 spiro atoms. The molecule has 0 amide bonds. The maximum absolute atomic E-state index is 10.9. The van der Waals surface area contributed by atoms with E-state index in [1.165, 1.54) is 31.7 Å². The minimum Gasteiger partial charge on any atom is -0.309 e. The van der Waals surface area contributed by atoms with Crippen LogP contribution in [0.5, 0.6) is 0 Å². The Morgan fingerprint density at radius 3 is 2.47 bits per heavy atom. The lowest BCUT2D eigenvalue weighted by Crippen LogP contribution is -2.32. The van der Waals surface area contributed by atoms with Gasteiger partial charge in [0.05, 0.1) is 9.40 Å². The zero-order valence-electron chi connectivity index (χ0n) is 10.6. The van der Waals surface area contributed by atoms with E-state index >= 15 is 0 Å². The maximum atomic E-state index is 10.9. The SMILES string of the molecule is O=[N+]([O-])c1cccc(CNC(C2CC2)C2CC2)c1Br. The van der Waals surface area contributed by atoms with Gasteiger partial charge in [0.1, 0.15) is 0 Å². The van der Waals surface area contributed by atoms with Crippen LogP contribution in [-0.2, 0) is 6.54 Å². The van der Waals surface area contributed by atoms with Crippen molar-refractivity contribution in [1.82, 2.24) is 5.32 Å². The van der Waals surface area contributed by atoms with E-state index in [2.05, 4.69) is 21.2 Å². The Morgan fingerprint density at radius 1 is 1.32 bits per heavy atom. The van der Waals surface area contributed by atoms with Crippen molar-refractivity contribution in [3.8, 4) is 0 Å². The van der Waals surface area contributed by atoms with Gasteiger partial charge in [-0.3, -0.25) is 10.1 Å². The van der Waals surface area contributed by atoms with Gasteiger partial charge in [-0.25, -0.2) is 0 Å². The Balaban J connectivity index is 1.68. The first-order valence-corrected chi connectivity index (χ1v) is 7.61. The smallest absolute Gasteiger partial charge is 0.283 e. The number of rotatable bonds is 6. The van der Waals surface area contributed by atoms with E-state index in [0.717, 1.165) is 17.4 Å². The van der Waals surface area contributed by atoms with Crippen molar-refractivity contribution in [2.24, 2.45) is 11.8 Å². The summed E-state index contributed by atoms with van der Waals surface area (Å²) in [4.78, 5) is 10.6. The molecule has 2 aliphatic carbocycles. The highest BCUT2D eigenvalue weighted by atomic mass is 79.9. The van der Waals surface area contributed by atoms with Crippen molar-refractivity contribution in [2.75, 3.05) is 0 Å². The van der Waals surface area contributed by atoms with Crippen LogP contribution >= 0.6 is 15.9 Å². The summed E-state index contributed by atoms with van der Waals surface area (Å²) in [5, 5.41) is 14.5. The first-order valence-electron chi connectivity index (χ1n) is 6.82. The van der Waals surface area contributed by atoms with Gasteiger partial charge in [-0.1, -0.05) is 12.1 Å². The van der Waals surface area contributed by atoms with Crippen molar-refractivity contribution >= 4 is 21.6 Å². The largest absolute Gasteiger partial charge is 0.309 e. The number of nitrogens with one attached hydrogen (secondary N) is 1. The van der Waals surface area contributed by atoms with E-state index in [9.17, 15) is 10.1 Å². The van der Waals surface area contributed by atoms with Gasteiger partial charge in [-0.05, 0) is 59.0 Å². The fraction of sp³-hybridized carbons (Fsp3) is 0.571. The van der Waals surface area contributed by atoms with E-state index < -0.39 is 0 Å². The van der Waals surface area contributed by atoms with Crippen LogP contribution in [0.15, 0.2) is 22.7 Å². The van der Waals surface area contributed by atoms with Crippen molar-refractivity contribution in [3.05, 3.63) is 38.3 Å². The molecule has 0 atom stereocenters. The molecule has 0 aliphatic heterocycles.